The van der Waals surface area contributed by atoms with Crippen LogP contribution in [0.2, 0.25) is 0 Å². The number of hydrogen-bond acceptors (Lipinski definition) is 6. The van der Waals surface area contributed by atoms with Gasteiger partial charge in [-0.25, -0.2) is 13.2 Å². The van der Waals surface area contributed by atoms with E-state index in [4.69, 9.17) is 4.74 Å². The average Bonchev–Trinajstić information content (AvgIpc) is 2.70. The van der Waals surface area contributed by atoms with E-state index in [1.807, 2.05) is 0 Å². The fraction of sp³-hybridized carbons (Fsp3) is 0.500. The van der Waals surface area contributed by atoms with Crippen molar-refractivity contribution in [3.8, 4) is 0 Å². The first-order valence-electron chi connectivity index (χ1n) is 5.92. The lowest BCUT2D eigenvalue weighted by Crippen LogP contribution is -2.14. The molecule has 1 heterocycles. The summed E-state index contributed by atoms with van der Waals surface area (Å²) < 4.78 is 28.4. The molecule has 0 saturated carbocycles. The van der Waals surface area contributed by atoms with E-state index in [0.29, 0.717) is 24.8 Å². The molecule has 0 aromatic carbocycles. The Balaban J connectivity index is 2.65. The fourth-order valence-electron chi connectivity index (χ4n) is 2.14. The van der Waals surface area contributed by atoms with E-state index in [0.717, 1.165) is 17.6 Å². The Hall–Kier alpha value is -1.21. The second-order valence-electron chi connectivity index (χ2n) is 4.34. The number of hydrogen-bond donors (Lipinski definition) is 0. The first-order valence-corrected chi connectivity index (χ1v) is 8.63. The zero-order chi connectivity index (χ0) is 14.2. The number of carbonyl (C=O) groups is 2. The summed E-state index contributed by atoms with van der Waals surface area (Å²) in [6, 6.07) is 0. The van der Waals surface area contributed by atoms with Gasteiger partial charge in [-0.1, -0.05) is 0 Å². The molecule has 2 rings (SSSR count). The number of ketones is 1. The number of rotatable bonds is 3. The highest BCUT2D eigenvalue weighted by Crippen LogP contribution is 2.37. The fourth-order valence-corrected chi connectivity index (χ4v) is 4.59. The number of thiophene rings is 1. The molecule has 0 aliphatic heterocycles. The summed E-state index contributed by atoms with van der Waals surface area (Å²) in [7, 11) is -3.51. The van der Waals surface area contributed by atoms with Gasteiger partial charge < -0.3 is 4.74 Å². The number of Topliss-reactive ketones (excluding diaryl/α,β-unsaturated/α-hetero) is 1. The molecule has 1 aliphatic rings. The maximum atomic E-state index is 11.9. The Morgan fingerprint density at radius 1 is 1.37 bits per heavy atom. The van der Waals surface area contributed by atoms with Crippen LogP contribution in [0.3, 0.4) is 0 Å². The minimum absolute atomic E-state index is 0.00440. The van der Waals surface area contributed by atoms with Crippen LogP contribution in [0, 0.1) is 0 Å². The summed E-state index contributed by atoms with van der Waals surface area (Å²) in [6.45, 7) is 1.90. The predicted octanol–water partition coefficient (Wildman–Crippen LogP) is 1.85. The summed E-state index contributed by atoms with van der Waals surface area (Å²) in [5, 5.41) is 0. The van der Waals surface area contributed by atoms with Crippen molar-refractivity contribution < 1.29 is 22.7 Å². The van der Waals surface area contributed by atoms with Gasteiger partial charge in [0.05, 0.1) is 12.2 Å². The lowest BCUT2D eigenvalue weighted by molar-refractivity contribution is 0.0531. The Morgan fingerprint density at radius 2 is 2.05 bits per heavy atom. The van der Waals surface area contributed by atoms with E-state index in [-0.39, 0.29) is 27.0 Å². The lowest BCUT2D eigenvalue weighted by Gasteiger charge is -2.12. The third-order valence-electron chi connectivity index (χ3n) is 2.88. The first kappa shape index (κ1) is 14.2. The molecule has 0 spiro atoms. The van der Waals surface area contributed by atoms with Crippen LogP contribution in [0.4, 0.5) is 0 Å². The van der Waals surface area contributed by atoms with Crippen LogP contribution in [0.5, 0.6) is 0 Å². The van der Waals surface area contributed by atoms with Gasteiger partial charge >= 0.3 is 5.97 Å². The molecule has 0 fully saturated rings. The minimum Gasteiger partial charge on any atom is -0.462 e. The molecular weight excluding hydrogens is 288 g/mol. The smallest absolute Gasteiger partial charge is 0.348 e. The largest absolute Gasteiger partial charge is 0.462 e. The van der Waals surface area contributed by atoms with Crippen LogP contribution >= 0.6 is 11.3 Å². The predicted molar refractivity (Wildman–Crippen MR) is 70.7 cm³/mol. The molecule has 0 N–H and O–H groups in total. The van der Waals surface area contributed by atoms with Crippen molar-refractivity contribution >= 4 is 32.9 Å². The van der Waals surface area contributed by atoms with E-state index in [9.17, 15) is 18.0 Å². The summed E-state index contributed by atoms with van der Waals surface area (Å²) in [4.78, 5) is 24.0. The molecule has 1 aromatic rings. The summed E-state index contributed by atoms with van der Waals surface area (Å²) in [5.41, 5.74) is 0.752. The molecule has 19 heavy (non-hydrogen) atoms. The average molecular weight is 302 g/mol. The van der Waals surface area contributed by atoms with Crippen molar-refractivity contribution in [2.75, 3.05) is 12.9 Å². The van der Waals surface area contributed by atoms with Gasteiger partial charge in [0.2, 0.25) is 0 Å². The number of sulfone groups is 1. The van der Waals surface area contributed by atoms with E-state index in [2.05, 4.69) is 0 Å². The zero-order valence-electron chi connectivity index (χ0n) is 10.7. The molecule has 0 radical (unpaired) electrons. The van der Waals surface area contributed by atoms with Gasteiger partial charge in [-0.2, -0.15) is 0 Å². The van der Waals surface area contributed by atoms with E-state index in [1.165, 1.54) is 0 Å². The molecule has 104 valence electrons. The molecule has 1 aromatic heterocycles. The molecule has 1 aliphatic carbocycles. The van der Waals surface area contributed by atoms with Crippen molar-refractivity contribution in [2.45, 2.75) is 30.4 Å². The quantitative estimate of drug-likeness (QED) is 0.796. The molecule has 0 atom stereocenters. The zero-order valence-corrected chi connectivity index (χ0v) is 12.3. The third kappa shape index (κ3) is 2.57. The standard InChI is InChI=1S/C12H14O5S2/c1-3-17-11(14)10-7-5-4-6-8(13)9(7)12(18-10)19(2,15)16/h3-6H2,1-2H3. The van der Waals surface area contributed by atoms with Gasteiger partial charge in [-0.05, 0) is 25.3 Å². The van der Waals surface area contributed by atoms with Crippen molar-refractivity contribution in [2.24, 2.45) is 0 Å². The third-order valence-corrected chi connectivity index (χ3v) is 5.92. The second-order valence-corrected chi connectivity index (χ2v) is 7.57. The lowest BCUT2D eigenvalue weighted by atomic mass is 9.93. The van der Waals surface area contributed by atoms with Crippen LogP contribution in [0.15, 0.2) is 4.21 Å². The van der Waals surface area contributed by atoms with E-state index >= 15 is 0 Å². The number of carbonyl (C=O) groups excluding carboxylic acids is 2. The topological polar surface area (TPSA) is 77.5 Å². The summed E-state index contributed by atoms with van der Waals surface area (Å²) in [6.07, 6.45) is 2.56. The maximum Gasteiger partial charge on any atom is 0.348 e. The van der Waals surface area contributed by atoms with Crippen LogP contribution in [0.1, 0.15) is 45.4 Å². The van der Waals surface area contributed by atoms with Crippen LogP contribution < -0.4 is 0 Å². The van der Waals surface area contributed by atoms with E-state index < -0.39 is 15.8 Å². The molecule has 0 amide bonds. The summed E-state index contributed by atoms with van der Waals surface area (Å²) in [5.74, 6) is -0.748. The molecule has 0 bridgehead atoms. The Morgan fingerprint density at radius 3 is 2.63 bits per heavy atom. The van der Waals surface area contributed by atoms with E-state index in [1.54, 1.807) is 6.92 Å². The molecule has 0 unspecified atom stereocenters. The molecule has 7 heteroatoms. The second kappa shape index (κ2) is 5.05. The Labute approximate surface area is 115 Å². The van der Waals surface area contributed by atoms with Crippen molar-refractivity contribution in [1.82, 2.24) is 0 Å². The van der Waals surface area contributed by atoms with Crippen molar-refractivity contribution in [1.29, 1.82) is 0 Å². The number of esters is 1. The molecule has 5 nitrogen and oxygen atoms in total. The van der Waals surface area contributed by atoms with Gasteiger partial charge in [0.1, 0.15) is 9.09 Å². The highest BCUT2D eigenvalue weighted by Gasteiger charge is 2.33. The van der Waals surface area contributed by atoms with Gasteiger partial charge in [0.15, 0.2) is 15.6 Å². The maximum absolute atomic E-state index is 11.9. The van der Waals surface area contributed by atoms with Gasteiger partial charge in [-0.15, -0.1) is 11.3 Å². The highest BCUT2D eigenvalue weighted by molar-refractivity contribution is 7.92. The molecular formula is C12H14O5S2. The molecule has 0 saturated heterocycles. The van der Waals surface area contributed by atoms with Crippen LogP contribution in [-0.2, 0) is 21.0 Å². The Bertz CT molecular complexity index is 639. The SMILES string of the molecule is CCOC(=O)c1sc(S(C)(=O)=O)c2c1CCCC2=O. The van der Waals surface area contributed by atoms with Crippen LogP contribution in [0.25, 0.3) is 0 Å². The van der Waals surface area contributed by atoms with Crippen molar-refractivity contribution in [3.63, 3.8) is 0 Å². The highest BCUT2D eigenvalue weighted by atomic mass is 32.2. The minimum atomic E-state index is -3.51. The number of fused-ring (bicyclic) bond motifs is 1. The van der Waals surface area contributed by atoms with Gasteiger partial charge in [0, 0.05) is 12.7 Å². The van der Waals surface area contributed by atoms with Gasteiger partial charge in [0.25, 0.3) is 0 Å². The monoisotopic (exact) mass is 302 g/mol. The summed E-state index contributed by atoms with van der Waals surface area (Å²) >= 11 is 0.851. The Kier molecular flexibility index (Phi) is 3.78. The number of ether oxygens (including phenoxy) is 1. The van der Waals surface area contributed by atoms with Crippen LogP contribution in [-0.4, -0.2) is 33.0 Å². The normalized spacial score (nSPS) is 15.2. The van der Waals surface area contributed by atoms with Gasteiger partial charge in [-0.3, -0.25) is 4.79 Å². The first-order chi connectivity index (χ1) is 8.86. The van der Waals surface area contributed by atoms with Crippen molar-refractivity contribution in [3.05, 3.63) is 16.0 Å².